The molecule has 0 aliphatic rings. The highest BCUT2D eigenvalue weighted by atomic mass is 35.5. The first kappa shape index (κ1) is 14.7. The van der Waals surface area contributed by atoms with Crippen molar-refractivity contribution >= 4 is 17.6 Å². The molecule has 18 heavy (non-hydrogen) atoms. The summed E-state index contributed by atoms with van der Waals surface area (Å²) in [6, 6.07) is 6.16. The maximum absolute atomic E-state index is 14.0. The molecule has 0 saturated carbocycles. The molecule has 0 N–H and O–H groups in total. The van der Waals surface area contributed by atoms with Crippen LogP contribution >= 0.6 is 11.6 Å². The number of esters is 1. The van der Waals surface area contributed by atoms with E-state index < -0.39 is 17.7 Å². The Morgan fingerprint density at radius 1 is 1.33 bits per heavy atom. The summed E-state index contributed by atoms with van der Waals surface area (Å²) in [5.74, 6) is -0.732. The fourth-order valence-electron chi connectivity index (χ4n) is 1.28. The van der Waals surface area contributed by atoms with Crippen molar-refractivity contribution in [3.63, 3.8) is 0 Å². The van der Waals surface area contributed by atoms with Gasteiger partial charge in [-0.25, -0.2) is 9.18 Å². The Labute approximate surface area is 111 Å². The fourth-order valence-corrected chi connectivity index (χ4v) is 1.41. The maximum Gasteiger partial charge on any atom is 0.337 e. The van der Waals surface area contributed by atoms with Crippen LogP contribution in [-0.2, 0) is 9.53 Å². The van der Waals surface area contributed by atoms with E-state index in [1.54, 1.807) is 32.9 Å². The van der Waals surface area contributed by atoms with Crippen molar-refractivity contribution in [3.05, 3.63) is 47.0 Å². The molecule has 0 amide bonds. The van der Waals surface area contributed by atoms with Gasteiger partial charge in [-0.3, -0.25) is 0 Å². The number of ether oxygens (including phenoxy) is 1. The van der Waals surface area contributed by atoms with E-state index >= 15 is 0 Å². The lowest BCUT2D eigenvalue weighted by Crippen LogP contribution is -2.25. The summed E-state index contributed by atoms with van der Waals surface area (Å²) in [6.07, 6.45) is -1.59. The summed E-state index contributed by atoms with van der Waals surface area (Å²) < 4.78 is 19.1. The predicted molar refractivity (Wildman–Crippen MR) is 70.3 cm³/mol. The van der Waals surface area contributed by atoms with E-state index in [4.69, 9.17) is 16.3 Å². The highest BCUT2D eigenvalue weighted by Crippen LogP contribution is 2.27. The zero-order valence-electron chi connectivity index (χ0n) is 10.7. The van der Waals surface area contributed by atoms with Crippen molar-refractivity contribution in [2.75, 3.05) is 0 Å². The molecule has 0 aliphatic heterocycles. The lowest BCUT2D eigenvalue weighted by atomic mass is 10.0. The highest BCUT2D eigenvalue weighted by Gasteiger charge is 2.25. The number of carbonyl (C=O) groups excluding carboxylic acids is 1. The molecule has 4 heteroatoms. The number of rotatable bonds is 3. The standard InChI is InChI=1S/C14H16ClFO2/c1-9(13(17)18-14(2,3)4)12(16)10-5-7-11(15)8-6-10/h5-8,12H,1H2,2-4H3. The second-order valence-electron chi connectivity index (χ2n) is 4.94. The fraction of sp³-hybridized carbons (Fsp3) is 0.357. The van der Waals surface area contributed by atoms with Crippen LogP contribution in [0.1, 0.15) is 32.5 Å². The molecule has 0 spiro atoms. The van der Waals surface area contributed by atoms with E-state index in [1.807, 2.05) is 0 Å². The van der Waals surface area contributed by atoms with E-state index in [0.29, 0.717) is 10.6 Å². The van der Waals surface area contributed by atoms with Crippen molar-refractivity contribution in [2.45, 2.75) is 32.5 Å². The lowest BCUT2D eigenvalue weighted by Gasteiger charge is -2.21. The number of hydrogen-bond donors (Lipinski definition) is 0. The Bertz CT molecular complexity index is 446. The van der Waals surface area contributed by atoms with Crippen LogP contribution < -0.4 is 0 Å². The molecule has 0 fully saturated rings. The van der Waals surface area contributed by atoms with Gasteiger partial charge >= 0.3 is 5.97 Å². The highest BCUT2D eigenvalue weighted by molar-refractivity contribution is 6.30. The number of halogens is 2. The second kappa shape index (κ2) is 5.53. The molecule has 1 atom stereocenters. The third-order valence-electron chi connectivity index (χ3n) is 2.13. The lowest BCUT2D eigenvalue weighted by molar-refractivity contribution is -0.150. The average molecular weight is 271 g/mol. The molecule has 0 radical (unpaired) electrons. The molecular formula is C14H16ClFO2. The molecular weight excluding hydrogens is 255 g/mol. The summed E-state index contributed by atoms with van der Waals surface area (Å²) in [5.41, 5.74) is -0.553. The van der Waals surface area contributed by atoms with Crippen LogP contribution in [0.4, 0.5) is 4.39 Å². The van der Waals surface area contributed by atoms with Gasteiger partial charge in [0.2, 0.25) is 0 Å². The Hall–Kier alpha value is -1.35. The van der Waals surface area contributed by atoms with Gasteiger partial charge in [0, 0.05) is 5.02 Å². The number of alkyl halides is 1. The molecule has 0 bridgehead atoms. The summed E-state index contributed by atoms with van der Waals surface area (Å²) in [4.78, 5) is 11.7. The van der Waals surface area contributed by atoms with Crippen LogP contribution in [0, 0.1) is 0 Å². The zero-order valence-corrected chi connectivity index (χ0v) is 11.4. The molecule has 0 aromatic heterocycles. The Balaban J connectivity index is 2.78. The molecule has 1 aromatic carbocycles. The predicted octanol–water partition coefficient (Wildman–Crippen LogP) is 4.25. The van der Waals surface area contributed by atoms with Gasteiger partial charge in [-0.1, -0.05) is 30.3 Å². The van der Waals surface area contributed by atoms with Crippen LogP contribution in [0.5, 0.6) is 0 Å². The van der Waals surface area contributed by atoms with Crippen LogP contribution in [-0.4, -0.2) is 11.6 Å². The normalized spacial score (nSPS) is 12.9. The summed E-state index contributed by atoms with van der Waals surface area (Å²) >= 11 is 5.71. The first-order valence-electron chi connectivity index (χ1n) is 5.52. The van der Waals surface area contributed by atoms with E-state index in [0.717, 1.165) is 0 Å². The largest absolute Gasteiger partial charge is 0.457 e. The Kier molecular flexibility index (Phi) is 4.52. The van der Waals surface area contributed by atoms with Crippen LogP contribution in [0.2, 0.25) is 5.02 Å². The molecule has 0 heterocycles. The Morgan fingerprint density at radius 2 is 1.83 bits per heavy atom. The average Bonchev–Trinajstić information content (AvgIpc) is 2.26. The van der Waals surface area contributed by atoms with Gasteiger partial charge in [-0.05, 0) is 38.5 Å². The minimum absolute atomic E-state index is 0.216. The van der Waals surface area contributed by atoms with E-state index in [2.05, 4.69) is 6.58 Å². The van der Waals surface area contributed by atoms with Gasteiger partial charge in [0.1, 0.15) is 5.60 Å². The molecule has 1 rings (SSSR count). The summed E-state index contributed by atoms with van der Waals surface area (Å²) in [6.45, 7) is 8.60. The smallest absolute Gasteiger partial charge is 0.337 e. The SMILES string of the molecule is C=C(C(=O)OC(C)(C)C)C(F)c1ccc(Cl)cc1. The van der Waals surface area contributed by atoms with Gasteiger partial charge in [-0.2, -0.15) is 0 Å². The van der Waals surface area contributed by atoms with Gasteiger partial charge in [0.25, 0.3) is 0 Å². The summed E-state index contributed by atoms with van der Waals surface area (Å²) in [5, 5.41) is 0.508. The topological polar surface area (TPSA) is 26.3 Å². The first-order valence-corrected chi connectivity index (χ1v) is 5.90. The monoisotopic (exact) mass is 270 g/mol. The molecule has 0 aliphatic carbocycles. The van der Waals surface area contributed by atoms with Crippen molar-refractivity contribution in [1.82, 2.24) is 0 Å². The molecule has 1 aromatic rings. The van der Waals surface area contributed by atoms with E-state index in [9.17, 15) is 9.18 Å². The second-order valence-corrected chi connectivity index (χ2v) is 5.38. The molecule has 2 nitrogen and oxygen atoms in total. The van der Waals surface area contributed by atoms with Gasteiger partial charge in [0.05, 0.1) is 5.57 Å². The van der Waals surface area contributed by atoms with Crippen LogP contribution in [0.3, 0.4) is 0 Å². The van der Waals surface area contributed by atoms with Gasteiger partial charge in [0.15, 0.2) is 6.17 Å². The van der Waals surface area contributed by atoms with E-state index in [-0.39, 0.29) is 5.57 Å². The Morgan fingerprint density at radius 3 is 2.28 bits per heavy atom. The minimum atomic E-state index is -1.59. The quantitative estimate of drug-likeness (QED) is 0.606. The van der Waals surface area contributed by atoms with E-state index in [1.165, 1.54) is 12.1 Å². The van der Waals surface area contributed by atoms with Crippen molar-refractivity contribution in [1.29, 1.82) is 0 Å². The molecule has 1 unspecified atom stereocenters. The molecule has 98 valence electrons. The maximum atomic E-state index is 14.0. The molecule has 0 saturated heterocycles. The number of carbonyl (C=O) groups is 1. The zero-order chi connectivity index (χ0) is 13.9. The number of benzene rings is 1. The minimum Gasteiger partial charge on any atom is -0.457 e. The first-order chi connectivity index (χ1) is 8.20. The number of hydrogen-bond acceptors (Lipinski definition) is 2. The van der Waals surface area contributed by atoms with Gasteiger partial charge in [-0.15, -0.1) is 0 Å². The third-order valence-corrected chi connectivity index (χ3v) is 2.38. The van der Waals surface area contributed by atoms with Crippen molar-refractivity contribution < 1.29 is 13.9 Å². The van der Waals surface area contributed by atoms with Crippen molar-refractivity contribution in [2.24, 2.45) is 0 Å². The van der Waals surface area contributed by atoms with Gasteiger partial charge < -0.3 is 4.74 Å². The third kappa shape index (κ3) is 4.15. The summed E-state index contributed by atoms with van der Waals surface area (Å²) in [7, 11) is 0. The van der Waals surface area contributed by atoms with Crippen molar-refractivity contribution in [3.8, 4) is 0 Å². The van der Waals surface area contributed by atoms with Crippen LogP contribution in [0.25, 0.3) is 0 Å². The van der Waals surface area contributed by atoms with Crippen LogP contribution in [0.15, 0.2) is 36.4 Å².